The van der Waals surface area contributed by atoms with Crippen molar-refractivity contribution in [3.63, 3.8) is 0 Å². The lowest BCUT2D eigenvalue weighted by Crippen LogP contribution is -2.42. The minimum Gasteiger partial charge on any atom is -0.456 e. The van der Waals surface area contributed by atoms with Crippen LogP contribution in [0.25, 0.3) is 0 Å². The standard InChI is InChI=1S/C12H21O3Si/c1-5-11(13)15-12(3,4)10(2)16-9-7-6-8-14-16/h5,10H,1,6-9H2,2-4H3. The molecule has 16 heavy (non-hydrogen) atoms. The number of carbonyl (C=O) groups is 1. The summed E-state index contributed by atoms with van der Waals surface area (Å²) in [4.78, 5) is 11.2. The van der Waals surface area contributed by atoms with E-state index in [9.17, 15) is 4.79 Å². The predicted octanol–water partition coefficient (Wildman–Crippen LogP) is 2.69. The molecule has 0 aliphatic carbocycles. The van der Waals surface area contributed by atoms with E-state index < -0.39 is 14.6 Å². The number of esters is 1. The Kier molecular flexibility index (Phi) is 4.74. The molecule has 1 rings (SSSR count). The second kappa shape index (κ2) is 5.64. The first kappa shape index (κ1) is 13.5. The van der Waals surface area contributed by atoms with Crippen LogP contribution in [0.3, 0.4) is 0 Å². The van der Waals surface area contributed by atoms with E-state index in [1.807, 2.05) is 13.8 Å². The molecule has 1 saturated heterocycles. The third-order valence-electron chi connectivity index (χ3n) is 3.16. The highest BCUT2D eigenvalue weighted by Gasteiger charge is 2.38. The quantitative estimate of drug-likeness (QED) is 0.431. The van der Waals surface area contributed by atoms with Crippen LogP contribution < -0.4 is 0 Å². The zero-order valence-corrected chi connectivity index (χ0v) is 11.4. The number of rotatable bonds is 4. The predicted molar refractivity (Wildman–Crippen MR) is 65.5 cm³/mol. The van der Waals surface area contributed by atoms with Gasteiger partial charge in [0.25, 0.3) is 0 Å². The van der Waals surface area contributed by atoms with Gasteiger partial charge in [-0.05, 0) is 26.3 Å². The number of carbonyl (C=O) groups excluding carboxylic acids is 1. The summed E-state index contributed by atoms with van der Waals surface area (Å²) >= 11 is 0. The van der Waals surface area contributed by atoms with Crippen LogP contribution in [0.1, 0.15) is 33.6 Å². The molecule has 4 heteroatoms. The fourth-order valence-corrected chi connectivity index (χ4v) is 4.46. The third-order valence-corrected chi connectivity index (χ3v) is 6.24. The van der Waals surface area contributed by atoms with Gasteiger partial charge >= 0.3 is 5.97 Å². The lowest BCUT2D eigenvalue weighted by atomic mass is 10.1. The summed E-state index contributed by atoms with van der Waals surface area (Å²) in [7, 11) is -0.847. The van der Waals surface area contributed by atoms with Gasteiger partial charge in [-0.1, -0.05) is 19.9 Å². The van der Waals surface area contributed by atoms with E-state index in [2.05, 4.69) is 13.5 Å². The van der Waals surface area contributed by atoms with Crippen LogP contribution in [0.5, 0.6) is 0 Å². The van der Waals surface area contributed by atoms with Crippen molar-refractivity contribution in [3.05, 3.63) is 12.7 Å². The van der Waals surface area contributed by atoms with Gasteiger partial charge in [-0.15, -0.1) is 0 Å². The topological polar surface area (TPSA) is 35.5 Å². The van der Waals surface area contributed by atoms with Crippen LogP contribution in [-0.2, 0) is 14.0 Å². The first-order valence-corrected chi connectivity index (χ1v) is 7.50. The van der Waals surface area contributed by atoms with E-state index in [0.717, 1.165) is 19.1 Å². The molecule has 0 bridgehead atoms. The monoisotopic (exact) mass is 241 g/mol. The smallest absolute Gasteiger partial charge is 0.330 e. The maximum absolute atomic E-state index is 11.2. The molecule has 3 nitrogen and oxygen atoms in total. The first-order chi connectivity index (χ1) is 7.47. The van der Waals surface area contributed by atoms with Gasteiger partial charge in [-0.2, -0.15) is 0 Å². The second-order valence-electron chi connectivity index (χ2n) is 4.72. The Morgan fingerprint density at radius 1 is 1.56 bits per heavy atom. The van der Waals surface area contributed by atoms with Crippen molar-refractivity contribution in [2.24, 2.45) is 0 Å². The Bertz CT molecular complexity index is 257. The number of ether oxygens (including phenoxy) is 1. The van der Waals surface area contributed by atoms with E-state index in [1.54, 1.807) is 0 Å². The van der Waals surface area contributed by atoms with Crippen molar-refractivity contribution in [3.8, 4) is 0 Å². The molecule has 0 aromatic heterocycles. The van der Waals surface area contributed by atoms with Crippen molar-refractivity contribution < 1.29 is 14.0 Å². The van der Waals surface area contributed by atoms with Gasteiger partial charge in [0.1, 0.15) is 5.60 Å². The molecule has 0 N–H and O–H groups in total. The van der Waals surface area contributed by atoms with Gasteiger partial charge in [0.15, 0.2) is 0 Å². The van der Waals surface area contributed by atoms with Gasteiger partial charge in [0.2, 0.25) is 9.04 Å². The van der Waals surface area contributed by atoms with Gasteiger partial charge < -0.3 is 9.16 Å². The summed E-state index contributed by atoms with van der Waals surface area (Å²) < 4.78 is 11.2. The fourth-order valence-electron chi connectivity index (χ4n) is 1.80. The van der Waals surface area contributed by atoms with Crippen molar-refractivity contribution in [1.29, 1.82) is 0 Å². The van der Waals surface area contributed by atoms with E-state index in [4.69, 9.17) is 9.16 Å². The largest absolute Gasteiger partial charge is 0.456 e. The summed E-state index contributed by atoms with van der Waals surface area (Å²) in [5.74, 6) is -0.352. The minimum atomic E-state index is -0.847. The van der Waals surface area contributed by atoms with Crippen LogP contribution in [0, 0.1) is 0 Å². The summed E-state index contributed by atoms with van der Waals surface area (Å²) in [5, 5.41) is 0. The Labute approximate surface area is 99.5 Å². The van der Waals surface area contributed by atoms with Crippen molar-refractivity contribution in [2.75, 3.05) is 6.61 Å². The summed E-state index contributed by atoms with van der Waals surface area (Å²) in [5.41, 5.74) is -0.168. The van der Waals surface area contributed by atoms with Gasteiger partial charge in [0.05, 0.1) is 0 Å². The molecular formula is C12H21O3Si. The molecule has 0 aromatic rings. The third kappa shape index (κ3) is 3.45. The lowest BCUT2D eigenvalue weighted by Gasteiger charge is -2.36. The van der Waals surface area contributed by atoms with Crippen LogP contribution in [-0.4, -0.2) is 27.2 Å². The van der Waals surface area contributed by atoms with Crippen LogP contribution in [0.2, 0.25) is 11.6 Å². The molecular weight excluding hydrogens is 220 g/mol. The summed E-state index contributed by atoms with van der Waals surface area (Å²) in [6.45, 7) is 10.3. The average molecular weight is 241 g/mol. The van der Waals surface area contributed by atoms with E-state index in [0.29, 0.717) is 5.54 Å². The van der Waals surface area contributed by atoms with E-state index in [-0.39, 0.29) is 5.97 Å². The van der Waals surface area contributed by atoms with Crippen LogP contribution in [0.15, 0.2) is 12.7 Å². The Morgan fingerprint density at radius 2 is 2.25 bits per heavy atom. The SMILES string of the molecule is C=CC(=O)OC(C)(C)C(C)[Si]1CCCCO1. The number of hydrogen-bond donors (Lipinski definition) is 0. The maximum Gasteiger partial charge on any atom is 0.330 e. The Hall–Kier alpha value is -0.613. The minimum absolute atomic E-state index is 0.293. The molecule has 0 saturated carbocycles. The molecule has 1 radical (unpaired) electrons. The van der Waals surface area contributed by atoms with Crippen LogP contribution in [0.4, 0.5) is 0 Å². The fraction of sp³-hybridized carbons (Fsp3) is 0.750. The van der Waals surface area contributed by atoms with Crippen molar-refractivity contribution >= 4 is 15.0 Å². The maximum atomic E-state index is 11.2. The molecule has 1 atom stereocenters. The average Bonchev–Trinajstić information content (AvgIpc) is 2.28. The molecule has 0 amide bonds. The van der Waals surface area contributed by atoms with Crippen molar-refractivity contribution in [1.82, 2.24) is 0 Å². The summed E-state index contributed by atoms with van der Waals surface area (Å²) in [6, 6.07) is 1.15. The highest BCUT2D eigenvalue weighted by Crippen LogP contribution is 2.33. The first-order valence-electron chi connectivity index (χ1n) is 5.81. The molecule has 1 aliphatic heterocycles. The van der Waals surface area contributed by atoms with Gasteiger partial charge in [-0.3, -0.25) is 0 Å². The van der Waals surface area contributed by atoms with Gasteiger partial charge in [-0.25, -0.2) is 4.79 Å². The highest BCUT2D eigenvalue weighted by molar-refractivity contribution is 6.54. The molecule has 1 unspecified atom stereocenters. The summed E-state index contributed by atoms with van der Waals surface area (Å²) in [6.07, 6.45) is 3.62. The molecule has 1 aliphatic rings. The molecule has 0 spiro atoms. The Balaban J connectivity index is 2.58. The molecule has 0 aromatic carbocycles. The molecule has 1 heterocycles. The molecule has 91 valence electrons. The number of hydrogen-bond acceptors (Lipinski definition) is 3. The van der Waals surface area contributed by atoms with E-state index in [1.165, 1.54) is 12.5 Å². The van der Waals surface area contributed by atoms with Crippen molar-refractivity contribution in [2.45, 2.75) is 50.8 Å². The van der Waals surface area contributed by atoms with Crippen LogP contribution >= 0.6 is 0 Å². The lowest BCUT2D eigenvalue weighted by molar-refractivity contribution is -0.150. The highest BCUT2D eigenvalue weighted by atomic mass is 28.3. The van der Waals surface area contributed by atoms with E-state index >= 15 is 0 Å². The van der Waals surface area contributed by atoms with Gasteiger partial charge in [0, 0.05) is 18.2 Å². The zero-order valence-electron chi connectivity index (χ0n) is 10.4. The molecule has 1 fully saturated rings. The zero-order chi connectivity index (χ0) is 12.2. The normalized spacial score (nSPS) is 20.2. The second-order valence-corrected chi connectivity index (χ2v) is 7.31. The Morgan fingerprint density at radius 3 is 2.75 bits per heavy atom.